The number of aryl methyl sites for hydroxylation is 1. The molecule has 0 aliphatic heterocycles. The number of nitrogens with zero attached hydrogens (tertiary/aromatic N) is 3. The number of ether oxygens (including phenoxy) is 2. The molecule has 0 aliphatic carbocycles. The van der Waals surface area contributed by atoms with Gasteiger partial charge in [0.15, 0.2) is 5.69 Å². The van der Waals surface area contributed by atoms with E-state index in [2.05, 4.69) is 25.6 Å². The van der Waals surface area contributed by atoms with Gasteiger partial charge in [0.25, 0.3) is 0 Å². The van der Waals surface area contributed by atoms with Gasteiger partial charge in [0.05, 0.1) is 13.7 Å². The molecule has 0 aliphatic rings. The Bertz CT molecular complexity index is 1100. The van der Waals surface area contributed by atoms with Crippen molar-refractivity contribution in [3.8, 4) is 27.6 Å². The van der Waals surface area contributed by atoms with Crippen LogP contribution in [0.1, 0.15) is 30.0 Å². The number of methoxy groups -OCH3 is 1. The summed E-state index contributed by atoms with van der Waals surface area (Å²) >= 11 is 1.47. The van der Waals surface area contributed by atoms with Crippen LogP contribution in [0.2, 0.25) is 0 Å². The number of urea groups is 1. The number of nitrogens with one attached hydrogen (secondary N) is 2. The molecule has 3 rings (SSSR count). The largest absolute Gasteiger partial charge is 0.478 e. The summed E-state index contributed by atoms with van der Waals surface area (Å²) in [6.07, 6.45) is 1.62. The van der Waals surface area contributed by atoms with Crippen LogP contribution in [-0.2, 0) is 4.74 Å². The third-order valence-corrected chi connectivity index (χ3v) is 5.13. The Morgan fingerprint density at radius 3 is 2.58 bits per heavy atom. The average Bonchev–Trinajstić information content (AvgIpc) is 3.19. The number of esters is 1. The maximum absolute atomic E-state index is 12.1. The van der Waals surface area contributed by atoms with E-state index in [1.807, 2.05) is 26.2 Å². The van der Waals surface area contributed by atoms with Crippen molar-refractivity contribution in [1.82, 2.24) is 20.3 Å². The number of hydrogen-bond acceptors (Lipinski definition) is 8. The lowest BCUT2D eigenvalue weighted by atomic mass is 10.0. The summed E-state index contributed by atoms with van der Waals surface area (Å²) in [6.45, 7) is 6.46. The maximum atomic E-state index is 12.1. The number of anilines is 1. The molecule has 0 spiro atoms. The Hall–Kier alpha value is -3.53. The highest BCUT2D eigenvalue weighted by Gasteiger charge is 2.18. The van der Waals surface area contributed by atoms with E-state index in [1.54, 1.807) is 24.4 Å². The van der Waals surface area contributed by atoms with Crippen LogP contribution in [0.5, 0.6) is 5.88 Å². The first-order valence-electron chi connectivity index (χ1n) is 9.66. The van der Waals surface area contributed by atoms with Gasteiger partial charge in [-0.25, -0.2) is 24.5 Å². The second-order valence-electron chi connectivity index (χ2n) is 6.40. The average molecular weight is 442 g/mol. The van der Waals surface area contributed by atoms with Gasteiger partial charge < -0.3 is 14.8 Å². The fourth-order valence-corrected chi connectivity index (χ4v) is 3.65. The topological polar surface area (TPSA) is 115 Å². The smallest absolute Gasteiger partial charge is 0.356 e. The SMILES string of the molecule is CCNC(=O)Nc1cc(-c2nc(C)cs2)c(-c2cc(OCC)nc(C(=O)OC)c2)cn1. The second kappa shape index (κ2) is 9.98. The number of aromatic nitrogens is 3. The molecule has 0 atom stereocenters. The predicted molar refractivity (Wildman–Crippen MR) is 119 cm³/mol. The van der Waals surface area contributed by atoms with Crippen LogP contribution >= 0.6 is 11.3 Å². The summed E-state index contributed by atoms with van der Waals surface area (Å²) in [6, 6.07) is 4.75. The van der Waals surface area contributed by atoms with E-state index in [-0.39, 0.29) is 11.7 Å². The molecular weight excluding hydrogens is 418 g/mol. The third kappa shape index (κ3) is 5.34. The van der Waals surface area contributed by atoms with Gasteiger partial charge in [-0.1, -0.05) is 0 Å². The molecule has 162 valence electrons. The number of hydrogen-bond donors (Lipinski definition) is 2. The van der Waals surface area contributed by atoms with Crippen molar-refractivity contribution in [3.05, 3.63) is 41.2 Å². The lowest BCUT2D eigenvalue weighted by Crippen LogP contribution is -2.28. The van der Waals surface area contributed by atoms with Crippen LogP contribution in [0.25, 0.3) is 21.7 Å². The second-order valence-corrected chi connectivity index (χ2v) is 7.26. The normalized spacial score (nSPS) is 10.5. The van der Waals surface area contributed by atoms with E-state index in [0.29, 0.717) is 36.0 Å². The number of pyridine rings is 2. The molecular formula is C21H23N5O4S. The summed E-state index contributed by atoms with van der Waals surface area (Å²) in [5.41, 5.74) is 3.13. The van der Waals surface area contributed by atoms with Gasteiger partial charge in [-0.05, 0) is 38.5 Å². The maximum Gasteiger partial charge on any atom is 0.356 e. The van der Waals surface area contributed by atoms with Gasteiger partial charge in [-0.3, -0.25) is 5.32 Å². The van der Waals surface area contributed by atoms with Gasteiger partial charge in [-0.15, -0.1) is 11.3 Å². The quantitative estimate of drug-likeness (QED) is 0.534. The van der Waals surface area contributed by atoms with Crippen molar-refractivity contribution in [3.63, 3.8) is 0 Å². The van der Waals surface area contributed by atoms with Crippen molar-refractivity contribution >= 4 is 29.2 Å². The lowest BCUT2D eigenvalue weighted by Gasteiger charge is -2.13. The predicted octanol–water partition coefficient (Wildman–Crippen LogP) is 3.90. The van der Waals surface area contributed by atoms with E-state index in [0.717, 1.165) is 16.3 Å². The monoisotopic (exact) mass is 441 g/mol. The molecule has 0 bridgehead atoms. The van der Waals surface area contributed by atoms with Crippen LogP contribution in [0.15, 0.2) is 29.8 Å². The Labute approximate surface area is 183 Å². The van der Waals surface area contributed by atoms with Crippen molar-refractivity contribution in [1.29, 1.82) is 0 Å². The molecule has 0 unspecified atom stereocenters. The number of amides is 2. The highest BCUT2D eigenvalue weighted by Crippen LogP contribution is 2.36. The van der Waals surface area contributed by atoms with Crippen LogP contribution in [0, 0.1) is 6.92 Å². The summed E-state index contributed by atoms with van der Waals surface area (Å²) < 4.78 is 10.4. The highest BCUT2D eigenvalue weighted by molar-refractivity contribution is 7.13. The summed E-state index contributed by atoms with van der Waals surface area (Å²) in [5, 5.41) is 8.08. The zero-order chi connectivity index (χ0) is 22.4. The fraction of sp³-hybridized carbons (Fsp3) is 0.286. The summed E-state index contributed by atoms with van der Waals surface area (Å²) in [7, 11) is 1.30. The number of thiazole rings is 1. The van der Waals surface area contributed by atoms with Gasteiger partial charge in [0.1, 0.15) is 10.8 Å². The van der Waals surface area contributed by atoms with Crippen molar-refractivity contribution in [2.45, 2.75) is 20.8 Å². The summed E-state index contributed by atoms with van der Waals surface area (Å²) in [5.74, 6) is 0.105. The van der Waals surface area contributed by atoms with Gasteiger partial charge in [0, 0.05) is 41.0 Å². The molecule has 31 heavy (non-hydrogen) atoms. The number of carbonyl (C=O) groups is 2. The first-order valence-corrected chi connectivity index (χ1v) is 10.5. The third-order valence-electron chi connectivity index (χ3n) is 4.13. The molecule has 3 aromatic rings. The van der Waals surface area contributed by atoms with Gasteiger partial charge in [-0.2, -0.15) is 0 Å². The molecule has 0 saturated heterocycles. The zero-order valence-corrected chi connectivity index (χ0v) is 18.5. The van der Waals surface area contributed by atoms with E-state index in [1.165, 1.54) is 18.4 Å². The zero-order valence-electron chi connectivity index (χ0n) is 17.7. The minimum Gasteiger partial charge on any atom is -0.478 e. The van der Waals surface area contributed by atoms with Crippen LogP contribution < -0.4 is 15.4 Å². The van der Waals surface area contributed by atoms with E-state index in [4.69, 9.17) is 9.47 Å². The van der Waals surface area contributed by atoms with E-state index >= 15 is 0 Å². The van der Waals surface area contributed by atoms with Crippen molar-refractivity contribution in [2.24, 2.45) is 0 Å². The number of carbonyl (C=O) groups excluding carboxylic acids is 2. The molecule has 3 heterocycles. The van der Waals surface area contributed by atoms with Gasteiger partial charge in [0.2, 0.25) is 5.88 Å². The van der Waals surface area contributed by atoms with Crippen molar-refractivity contribution in [2.75, 3.05) is 25.6 Å². The molecule has 9 nitrogen and oxygen atoms in total. The molecule has 0 aromatic carbocycles. The van der Waals surface area contributed by atoms with Gasteiger partial charge >= 0.3 is 12.0 Å². The minimum absolute atomic E-state index is 0.120. The molecule has 0 radical (unpaired) electrons. The molecule has 10 heteroatoms. The Morgan fingerprint density at radius 2 is 1.94 bits per heavy atom. The lowest BCUT2D eigenvalue weighted by molar-refractivity contribution is 0.0593. The van der Waals surface area contributed by atoms with Crippen molar-refractivity contribution < 1.29 is 19.1 Å². The summed E-state index contributed by atoms with van der Waals surface area (Å²) in [4.78, 5) is 37.2. The first kappa shape index (κ1) is 22.2. The van der Waals surface area contributed by atoms with E-state index < -0.39 is 5.97 Å². The Kier molecular flexibility index (Phi) is 7.14. The highest BCUT2D eigenvalue weighted by atomic mass is 32.1. The molecule has 2 amide bonds. The Morgan fingerprint density at radius 1 is 1.13 bits per heavy atom. The molecule has 2 N–H and O–H groups in total. The fourth-order valence-electron chi connectivity index (χ4n) is 2.82. The van der Waals surface area contributed by atoms with Crippen LogP contribution in [-0.4, -0.2) is 47.2 Å². The molecule has 0 fully saturated rings. The van der Waals surface area contributed by atoms with E-state index in [9.17, 15) is 9.59 Å². The van der Waals surface area contributed by atoms with Crippen LogP contribution in [0.4, 0.5) is 10.6 Å². The van der Waals surface area contributed by atoms with Crippen LogP contribution in [0.3, 0.4) is 0 Å². The molecule has 0 saturated carbocycles. The minimum atomic E-state index is -0.572. The molecule has 3 aromatic heterocycles. The standard InChI is InChI=1S/C21H23N5O4S/c1-5-22-21(28)26-17-9-14(19-24-12(3)11-31-19)15(10-23-17)13-7-16(20(27)29-4)25-18(8-13)30-6-2/h7-11H,5-6H2,1-4H3,(H2,22,23,26,28). The number of rotatable bonds is 7. The first-order chi connectivity index (χ1) is 14.9. The Balaban J connectivity index is 2.14.